The normalized spacial score (nSPS) is 10.1. The number of nitrogens with two attached hydrogens (primary N) is 1. The highest BCUT2D eigenvalue weighted by Crippen LogP contribution is 2.23. The molecule has 3 N–H and O–H groups in total. The van der Waals surface area contributed by atoms with Crippen molar-refractivity contribution in [3.63, 3.8) is 0 Å². The lowest BCUT2D eigenvalue weighted by atomic mass is 10.2. The lowest BCUT2D eigenvalue weighted by molar-refractivity contribution is 0.102. The number of nitrogens with one attached hydrogen (secondary N) is 1. The lowest BCUT2D eigenvalue weighted by Gasteiger charge is -2.08. The molecule has 2 rings (SSSR count). The highest BCUT2D eigenvalue weighted by Gasteiger charge is 2.10. The second kappa shape index (κ2) is 6.17. The average Bonchev–Trinajstić information content (AvgIpc) is 2.41. The largest absolute Gasteiger partial charge is 0.389 e. The van der Waals surface area contributed by atoms with E-state index in [2.05, 4.69) is 10.3 Å². The molecular formula is C13H9Cl2N3OS. The molecule has 0 bridgehead atoms. The van der Waals surface area contributed by atoms with Crippen LogP contribution < -0.4 is 11.1 Å². The maximum absolute atomic E-state index is 12.0. The Bertz CT molecular complexity index is 674. The molecule has 0 fully saturated rings. The average molecular weight is 326 g/mol. The fourth-order valence-corrected chi connectivity index (χ4v) is 1.93. The Morgan fingerprint density at radius 2 is 2.00 bits per heavy atom. The summed E-state index contributed by atoms with van der Waals surface area (Å²) in [6.07, 6.45) is 1.40. The number of amides is 1. The van der Waals surface area contributed by atoms with Gasteiger partial charge in [0.15, 0.2) is 0 Å². The smallest absolute Gasteiger partial charge is 0.274 e. The second-order valence-corrected chi connectivity index (χ2v) is 5.16. The van der Waals surface area contributed by atoms with Gasteiger partial charge in [0.25, 0.3) is 5.91 Å². The summed E-state index contributed by atoms with van der Waals surface area (Å²) in [7, 11) is 0. The van der Waals surface area contributed by atoms with Crippen molar-refractivity contribution in [1.82, 2.24) is 4.98 Å². The molecule has 0 aliphatic carbocycles. The number of nitrogens with zero attached hydrogens (tertiary/aromatic N) is 1. The lowest BCUT2D eigenvalue weighted by Crippen LogP contribution is -2.14. The molecule has 0 atom stereocenters. The number of benzene rings is 1. The van der Waals surface area contributed by atoms with Crippen LogP contribution in [0.15, 0.2) is 36.5 Å². The molecule has 1 amide bonds. The van der Waals surface area contributed by atoms with Crippen molar-refractivity contribution in [2.24, 2.45) is 5.73 Å². The van der Waals surface area contributed by atoms with Gasteiger partial charge in [-0.1, -0.05) is 35.4 Å². The van der Waals surface area contributed by atoms with E-state index in [1.807, 2.05) is 0 Å². The first-order chi connectivity index (χ1) is 9.47. The number of hydrogen-bond acceptors (Lipinski definition) is 3. The van der Waals surface area contributed by atoms with Crippen molar-refractivity contribution >= 4 is 52.0 Å². The summed E-state index contributed by atoms with van der Waals surface area (Å²) in [5.74, 6) is -0.383. The van der Waals surface area contributed by atoms with E-state index in [1.54, 1.807) is 24.3 Å². The first-order valence-corrected chi connectivity index (χ1v) is 6.66. The second-order valence-electron chi connectivity index (χ2n) is 3.87. The van der Waals surface area contributed by atoms with Gasteiger partial charge in [-0.25, -0.2) is 4.98 Å². The van der Waals surface area contributed by atoms with Crippen LogP contribution in [0.25, 0.3) is 0 Å². The van der Waals surface area contributed by atoms with Gasteiger partial charge in [-0.2, -0.15) is 0 Å². The zero-order chi connectivity index (χ0) is 14.7. The van der Waals surface area contributed by atoms with Crippen LogP contribution in [0, 0.1) is 0 Å². The van der Waals surface area contributed by atoms with Crippen LogP contribution in [0.2, 0.25) is 10.0 Å². The first kappa shape index (κ1) is 14.7. The van der Waals surface area contributed by atoms with Gasteiger partial charge in [-0.15, -0.1) is 0 Å². The Morgan fingerprint density at radius 3 is 2.55 bits per heavy atom. The molecule has 4 nitrogen and oxygen atoms in total. The van der Waals surface area contributed by atoms with E-state index in [9.17, 15) is 4.79 Å². The quantitative estimate of drug-likeness (QED) is 0.850. The van der Waals surface area contributed by atoms with Crippen molar-refractivity contribution in [1.29, 1.82) is 0 Å². The van der Waals surface area contributed by atoms with Crippen LogP contribution in [0.5, 0.6) is 0 Å². The van der Waals surface area contributed by atoms with Crippen molar-refractivity contribution < 1.29 is 4.79 Å². The van der Waals surface area contributed by atoms with Crippen LogP contribution >= 0.6 is 35.4 Å². The monoisotopic (exact) mass is 325 g/mol. The predicted molar refractivity (Wildman–Crippen MR) is 84.5 cm³/mol. The fraction of sp³-hybridized carbons (Fsp3) is 0. The Hall–Kier alpha value is -1.69. The third-order valence-corrected chi connectivity index (χ3v) is 3.23. The fourth-order valence-electron chi connectivity index (χ4n) is 1.47. The molecule has 0 radical (unpaired) electrons. The topological polar surface area (TPSA) is 68.0 Å². The molecule has 0 saturated heterocycles. The summed E-state index contributed by atoms with van der Waals surface area (Å²) >= 11 is 16.6. The molecule has 0 saturated carbocycles. The Kier molecular flexibility index (Phi) is 4.54. The summed E-state index contributed by atoms with van der Waals surface area (Å²) in [5, 5.41) is 3.46. The third-order valence-electron chi connectivity index (χ3n) is 2.46. The summed E-state index contributed by atoms with van der Waals surface area (Å²) in [6, 6.07) is 8.01. The van der Waals surface area contributed by atoms with E-state index >= 15 is 0 Å². The highest BCUT2D eigenvalue weighted by atomic mass is 35.5. The number of pyridine rings is 1. The van der Waals surface area contributed by atoms with Crippen LogP contribution in [-0.2, 0) is 0 Å². The summed E-state index contributed by atoms with van der Waals surface area (Å²) in [5.41, 5.74) is 6.83. The number of halogens is 2. The predicted octanol–water partition coefficient (Wildman–Crippen LogP) is 3.27. The summed E-state index contributed by atoms with van der Waals surface area (Å²) in [4.78, 5) is 16.1. The molecule has 7 heteroatoms. The van der Waals surface area contributed by atoms with Gasteiger partial charge >= 0.3 is 0 Å². The molecule has 2 aromatic rings. The molecule has 0 spiro atoms. The number of thiocarbonyl (C=S) groups is 1. The van der Waals surface area contributed by atoms with Crippen molar-refractivity contribution in [3.8, 4) is 0 Å². The van der Waals surface area contributed by atoms with E-state index in [0.717, 1.165) is 0 Å². The maximum atomic E-state index is 12.0. The molecule has 0 aliphatic rings. The highest BCUT2D eigenvalue weighted by molar-refractivity contribution is 7.80. The van der Waals surface area contributed by atoms with E-state index < -0.39 is 0 Å². The van der Waals surface area contributed by atoms with Crippen LogP contribution in [0.4, 0.5) is 5.69 Å². The van der Waals surface area contributed by atoms with E-state index in [1.165, 1.54) is 12.3 Å². The Balaban J connectivity index is 2.19. The number of carbonyl (C=O) groups is 1. The number of aromatic nitrogens is 1. The molecule has 102 valence electrons. The van der Waals surface area contributed by atoms with Crippen LogP contribution in [-0.4, -0.2) is 15.9 Å². The van der Waals surface area contributed by atoms with Gasteiger partial charge in [0.2, 0.25) is 0 Å². The number of rotatable bonds is 3. The van der Waals surface area contributed by atoms with Gasteiger partial charge in [-0.05, 0) is 30.3 Å². The minimum atomic E-state index is -0.383. The van der Waals surface area contributed by atoms with E-state index in [0.29, 0.717) is 21.3 Å². The molecule has 1 aromatic carbocycles. The van der Waals surface area contributed by atoms with Gasteiger partial charge in [0, 0.05) is 11.8 Å². The maximum Gasteiger partial charge on any atom is 0.274 e. The summed E-state index contributed by atoms with van der Waals surface area (Å²) < 4.78 is 0. The van der Waals surface area contributed by atoms with Gasteiger partial charge in [-0.3, -0.25) is 4.79 Å². The Labute approximate surface area is 130 Å². The van der Waals surface area contributed by atoms with Crippen molar-refractivity contribution in [3.05, 3.63) is 57.8 Å². The standard InChI is InChI=1S/C13H9Cl2N3OS/c14-8-2-4-11(17-6-8)13(19)18-10-3-1-7(12(16)20)5-9(10)15/h1-6H,(H2,16,20)(H,18,19). The van der Waals surface area contributed by atoms with Gasteiger partial charge < -0.3 is 11.1 Å². The minimum absolute atomic E-state index is 0.240. The molecular weight excluding hydrogens is 317 g/mol. The van der Waals surface area contributed by atoms with Crippen molar-refractivity contribution in [2.45, 2.75) is 0 Å². The minimum Gasteiger partial charge on any atom is -0.389 e. The number of carbonyl (C=O) groups excluding carboxylic acids is 1. The van der Waals surface area contributed by atoms with Gasteiger partial charge in [0.05, 0.1) is 15.7 Å². The van der Waals surface area contributed by atoms with Gasteiger partial charge in [0.1, 0.15) is 10.7 Å². The van der Waals surface area contributed by atoms with E-state index in [4.69, 9.17) is 41.2 Å². The molecule has 1 aromatic heterocycles. The zero-order valence-corrected chi connectivity index (χ0v) is 12.4. The Morgan fingerprint density at radius 1 is 1.25 bits per heavy atom. The zero-order valence-electron chi connectivity index (χ0n) is 10.1. The summed E-state index contributed by atoms with van der Waals surface area (Å²) in [6.45, 7) is 0. The van der Waals surface area contributed by atoms with E-state index in [-0.39, 0.29) is 16.6 Å². The molecule has 1 heterocycles. The third kappa shape index (κ3) is 3.45. The van der Waals surface area contributed by atoms with Crippen molar-refractivity contribution in [2.75, 3.05) is 5.32 Å². The molecule has 20 heavy (non-hydrogen) atoms. The first-order valence-electron chi connectivity index (χ1n) is 5.49. The SMILES string of the molecule is NC(=S)c1ccc(NC(=O)c2ccc(Cl)cn2)c(Cl)c1. The van der Waals surface area contributed by atoms with Crippen LogP contribution in [0.3, 0.4) is 0 Å². The van der Waals surface area contributed by atoms with Crippen LogP contribution in [0.1, 0.15) is 16.1 Å². The molecule has 0 unspecified atom stereocenters. The molecule has 0 aliphatic heterocycles. The number of hydrogen-bond donors (Lipinski definition) is 2. The number of anilines is 1.